The standard InChI is InChI=1S/C23H29N5O6/c1-15(29)25-20(13-16-11-18(33-2)14-19(12-16)34-3)23(30)26-17-6-9-27(10-7-17)22-21(28(31)32)5-4-8-24-22/h4-5,8,11-12,14,17,20H,6-7,9-10,13H2,1-3H3,(H,25,29)(H,26,30)/t20-/m1/s1. The Morgan fingerprint density at radius 1 is 1.21 bits per heavy atom. The molecule has 2 aromatic rings. The second kappa shape index (κ2) is 11.3. The number of carbonyl (C=O) groups is 2. The number of benzene rings is 1. The van der Waals surface area contributed by atoms with Gasteiger partial charge in [0, 0.05) is 50.8 Å². The average Bonchev–Trinajstić information content (AvgIpc) is 2.83. The maximum atomic E-state index is 13.1. The van der Waals surface area contributed by atoms with Gasteiger partial charge in [0.05, 0.1) is 19.1 Å². The molecule has 1 fully saturated rings. The number of hydrogen-bond donors (Lipinski definition) is 2. The van der Waals surface area contributed by atoms with Crippen LogP contribution < -0.4 is 25.0 Å². The van der Waals surface area contributed by atoms with E-state index in [1.807, 2.05) is 4.90 Å². The third-order valence-electron chi connectivity index (χ3n) is 5.65. The Hall–Kier alpha value is -3.89. The molecule has 1 aromatic carbocycles. The zero-order valence-corrected chi connectivity index (χ0v) is 19.4. The predicted molar refractivity (Wildman–Crippen MR) is 125 cm³/mol. The number of aromatic nitrogens is 1. The van der Waals surface area contributed by atoms with Gasteiger partial charge < -0.3 is 25.0 Å². The van der Waals surface area contributed by atoms with Gasteiger partial charge in [-0.25, -0.2) is 4.98 Å². The monoisotopic (exact) mass is 471 g/mol. The first-order valence-electron chi connectivity index (χ1n) is 10.9. The predicted octanol–water partition coefficient (Wildman–Crippen LogP) is 1.84. The third-order valence-corrected chi connectivity index (χ3v) is 5.65. The molecule has 0 bridgehead atoms. The number of anilines is 1. The summed E-state index contributed by atoms with van der Waals surface area (Å²) in [6.45, 7) is 2.39. The summed E-state index contributed by atoms with van der Waals surface area (Å²) >= 11 is 0. The summed E-state index contributed by atoms with van der Waals surface area (Å²) in [6.07, 6.45) is 2.98. The molecule has 3 rings (SSSR count). The van der Waals surface area contributed by atoms with Gasteiger partial charge in [0.2, 0.25) is 17.6 Å². The van der Waals surface area contributed by atoms with Crippen molar-refractivity contribution in [2.75, 3.05) is 32.2 Å². The first-order valence-corrected chi connectivity index (χ1v) is 10.9. The number of carbonyl (C=O) groups excluding carboxylic acids is 2. The van der Waals surface area contributed by atoms with Crippen molar-refractivity contribution in [3.63, 3.8) is 0 Å². The lowest BCUT2D eigenvalue weighted by Crippen LogP contribution is -2.52. The molecule has 1 aliphatic heterocycles. The molecule has 2 amide bonds. The summed E-state index contributed by atoms with van der Waals surface area (Å²) < 4.78 is 10.6. The maximum absolute atomic E-state index is 13.1. The Kier molecular flexibility index (Phi) is 8.23. The number of methoxy groups -OCH3 is 2. The van der Waals surface area contributed by atoms with E-state index in [9.17, 15) is 19.7 Å². The van der Waals surface area contributed by atoms with Gasteiger partial charge >= 0.3 is 5.69 Å². The van der Waals surface area contributed by atoms with Gasteiger partial charge in [-0.2, -0.15) is 0 Å². The van der Waals surface area contributed by atoms with Crippen LogP contribution in [0.4, 0.5) is 11.5 Å². The van der Waals surface area contributed by atoms with Crippen molar-refractivity contribution in [2.45, 2.75) is 38.3 Å². The molecule has 0 saturated carbocycles. The molecule has 1 aliphatic rings. The van der Waals surface area contributed by atoms with E-state index in [1.165, 1.54) is 25.3 Å². The number of rotatable bonds is 9. The fourth-order valence-corrected chi connectivity index (χ4v) is 3.99. The van der Waals surface area contributed by atoms with Crippen molar-refractivity contribution < 1.29 is 24.0 Å². The van der Waals surface area contributed by atoms with Gasteiger partial charge in [-0.3, -0.25) is 19.7 Å². The SMILES string of the molecule is COc1cc(C[C@@H](NC(C)=O)C(=O)NC2CCN(c3ncccc3[N+](=O)[O-])CC2)cc(OC)c1. The highest BCUT2D eigenvalue weighted by molar-refractivity contribution is 5.87. The van der Waals surface area contributed by atoms with E-state index >= 15 is 0 Å². The molecule has 34 heavy (non-hydrogen) atoms. The van der Waals surface area contributed by atoms with Gasteiger partial charge in [0.25, 0.3) is 0 Å². The molecule has 0 unspecified atom stereocenters. The van der Waals surface area contributed by atoms with Crippen LogP contribution in [-0.4, -0.2) is 61.1 Å². The molecular formula is C23H29N5O6. The van der Waals surface area contributed by atoms with Crippen molar-refractivity contribution in [1.29, 1.82) is 0 Å². The molecule has 1 saturated heterocycles. The summed E-state index contributed by atoms with van der Waals surface area (Å²) in [4.78, 5) is 41.7. The van der Waals surface area contributed by atoms with Crippen molar-refractivity contribution in [2.24, 2.45) is 0 Å². The first kappa shape index (κ1) is 24.7. The molecule has 0 radical (unpaired) electrons. The minimum absolute atomic E-state index is 0.0376. The molecular weight excluding hydrogens is 442 g/mol. The fraction of sp³-hybridized carbons (Fsp3) is 0.435. The molecule has 11 nitrogen and oxygen atoms in total. The van der Waals surface area contributed by atoms with E-state index in [4.69, 9.17) is 9.47 Å². The highest BCUT2D eigenvalue weighted by Crippen LogP contribution is 2.27. The number of pyridine rings is 1. The van der Waals surface area contributed by atoms with Crippen LogP contribution in [0.1, 0.15) is 25.3 Å². The molecule has 11 heteroatoms. The molecule has 1 atom stereocenters. The number of nitro groups is 1. The number of nitrogens with zero attached hydrogens (tertiary/aromatic N) is 3. The van der Waals surface area contributed by atoms with Gasteiger partial charge in [-0.1, -0.05) is 0 Å². The Morgan fingerprint density at radius 3 is 2.41 bits per heavy atom. The average molecular weight is 472 g/mol. The van der Waals surface area contributed by atoms with E-state index < -0.39 is 11.0 Å². The number of piperidine rings is 1. The lowest BCUT2D eigenvalue weighted by Gasteiger charge is -2.33. The second-order valence-corrected chi connectivity index (χ2v) is 8.05. The smallest absolute Gasteiger partial charge is 0.311 e. The highest BCUT2D eigenvalue weighted by atomic mass is 16.6. The topological polar surface area (TPSA) is 136 Å². The number of nitrogens with one attached hydrogen (secondary N) is 2. The maximum Gasteiger partial charge on any atom is 0.311 e. The van der Waals surface area contributed by atoms with Crippen LogP contribution in [0, 0.1) is 10.1 Å². The lowest BCUT2D eigenvalue weighted by atomic mass is 10.0. The van der Waals surface area contributed by atoms with Gasteiger partial charge in [0.1, 0.15) is 17.5 Å². The van der Waals surface area contributed by atoms with Crippen molar-refractivity contribution in [1.82, 2.24) is 15.6 Å². The lowest BCUT2D eigenvalue weighted by molar-refractivity contribution is -0.384. The van der Waals surface area contributed by atoms with Crippen LogP contribution in [0.5, 0.6) is 11.5 Å². The summed E-state index contributed by atoms with van der Waals surface area (Å²) in [5.74, 6) is 0.909. The molecule has 0 spiro atoms. The number of hydrogen-bond acceptors (Lipinski definition) is 8. The normalized spacial score (nSPS) is 14.7. The van der Waals surface area contributed by atoms with E-state index in [1.54, 1.807) is 32.4 Å². The highest BCUT2D eigenvalue weighted by Gasteiger charge is 2.28. The fourth-order valence-electron chi connectivity index (χ4n) is 3.99. The number of amides is 2. The van der Waals surface area contributed by atoms with Gasteiger partial charge in [-0.15, -0.1) is 0 Å². The van der Waals surface area contributed by atoms with Crippen LogP contribution in [0.15, 0.2) is 36.5 Å². The summed E-state index contributed by atoms with van der Waals surface area (Å²) in [7, 11) is 3.09. The summed E-state index contributed by atoms with van der Waals surface area (Å²) in [5.41, 5.74) is 0.742. The zero-order chi connectivity index (χ0) is 24.7. The van der Waals surface area contributed by atoms with Crippen molar-refractivity contribution in [3.05, 3.63) is 52.2 Å². The van der Waals surface area contributed by atoms with Gasteiger partial charge in [0.15, 0.2) is 0 Å². The zero-order valence-electron chi connectivity index (χ0n) is 19.4. The Balaban J connectivity index is 1.65. The molecule has 182 valence electrons. The van der Waals surface area contributed by atoms with E-state index in [0.717, 1.165) is 5.56 Å². The van der Waals surface area contributed by atoms with E-state index in [-0.39, 0.29) is 30.0 Å². The summed E-state index contributed by atoms with van der Waals surface area (Å²) in [6, 6.07) is 7.39. The van der Waals surface area contributed by atoms with E-state index in [2.05, 4.69) is 15.6 Å². The second-order valence-electron chi connectivity index (χ2n) is 8.05. The quantitative estimate of drug-likeness (QED) is 0.418. The third kappa shape index (κ3) is 6.33. The van der Waals surface area contributed by atoms with Gasteiger partial charge in [-0.05, 0) is 36.6 Å². The van der Waals surface area contributed by atoms with Crippen molar-refractivity contribution in [3.8, 4) is 11.5 Å². The van der Waals surface area contributed by atoms with Crippen LogP contribution in [0.25, 0.3) is 0 Å². The first-order chi connectivity index (χ1) is 16.3. The van der Waals surface area contributed by atoms with Crippen molar-refractivity contribution >= 4 is 23.3 Å². The molecule has 2 heterocycles. The Labute approximate surface area is 197 Å². The molecule has 1 aromatic heterocycles. The molecule has 0 aliphatic carbocycles. The van der Waals surface area contributed by atoms with Crippen LogP contribution >= 0.6 is 0 Å². The summed E-state index contributed by atoms with van der Waals surface area (Å²) in [5, 5.41) is 17.0. The van der Waals surface area contributed by atoms with E-state index in [0.29, 0.717) is 43.2 Å². The Bertz CT molecular complexity index is 1020. The minimum Gasteiger partial charge on any atom is -0.497 e. The number of ether oxygens (including phenoxy) is 2. The van der Waals surface area contributed by atoms with Crippen LogP contribution in [0.3, 0.4) is 0 Å². The van der Waals surface area contributed by atoms with Crippen LogP contribution in [-0.2, 0) is 16.0 Å². The Morgan fingerprint density at radius 2 is 1.85 bits per heavy atom. The minimum atomic E-state index is -0.774. The molecule has 2 N–H and O–H groups in total. The largest absolute Gasteiger partial charge is 0.497 e. The van der Waals surface area contributed by atoms with Crippen LogP contribution in [0.2, 0.25) is 0 Å².